The highest BCUT2D eigenvalue weighted by Gasteiger charge is 2.30. The normalized spacial score (nSPS) is 13.9. The van der Waals surface area contributed by atoms with E-state index in [2.05, 4.69) is 4.98 Å². The monoisotopic (exact) mass is 295 g/mol. The number of rotatable bonds is 2. The van der Waals surface area contributed by atoms with Gasteiger partial charge in [-0.25, -0.2) is 9.37 Å². The van der Waals surface area contributed by atoms with Crippen LogP contribution in [0.1, 0.15) is 31.9 Å². The van der Waals surface area contributed by atoms with Crippen molar-refractivity contribution in [3.63, 3.8) is 0 Å². The van der Waals surface area contributed by atoms with Gasteiger partial charge in [0.25, 0.3) is 0 Å². The number of aromatic hydroxyl groups is 1. The number of aromatic nitrogens is 1. The Kier molecular flexibility index (Phi) is 3.57. The summed E-state index contributed by atoms with van der Waals surface area (Å²) in [5.74, 6) is 0.315. The summed E-state index contributed by atoms with van der Waals surface area (Å²) in [6, 6.07) is 14.0. The molecule has 4 rings (SSSR count). The van der Waals surface area contributed by atoms with E-state index < -0.39 is 0 Å². The summed E-state index contributed by atoms with van der Waals surface area (Å²) in [4.78, 5) is 4.62. The molecule has 0 spiro atoms. The van der Waals surface area contributed by atoms with E-state index in [9.17, 15) is 9.50 Å². The second-order valence-corrected chi connectivity index (χ2v) is 5.52. The first kappa shape index (κ1) is 14.5. The van der Waals surface area contributed by atoms with E-state index in [1.807, 2.05) is 24.3 Å². The summed E-state index contributed by atoms with van der Waals surface area (Å²) in [5, 5.41) is 11.6. The Morgan fingerprint density at radius 3 is 2.36 bits per heavy atom. The van der Waals surface area contributed by atoms with Gasteiger partial charge >= 0.3 is 0 Å². The fourth-order valence-corrected chi connectivity index (χ4v) is 2.77. The van der Waals surface area contributed by atoms with Crippen LogP contribution in [-0.4, -0.2) is 10.1 Å². The molecule has 22 heavy (non-hydrogen) atoms. The summed E-state index contributed by atoms with van der Waals surface area (Å²) in [5.41, 5.74) is 3.21. The Morgan fingerprint density at radius 1 is 1.00 bits per heavy atom. The van der Waals surface area contributed by atoms with E-state index >= 15 is 0 Å². The minimum Gasteiger partial charge on any atom is -0.505 e. The molecule has 0 atom stereocenters. The van der Waals surface area contributed by atoms with Crippen molar-refractivity contribution < 1.29 is 9.50 Å². The SMILES string of the molecule is C.Oc1c(C2CC2)nc2ccccc2c1-c1ccc(F)cc1. The number of para-hydroxylation sites is 1. The number of hydrogen-bond donors (Lipinski definition) is 1. The fourth-order valence-electron chi connectivity index (χ4n) is 2.77. The molecule has 1 fully saturated rings. The van der Waals surface area contributed by atoms with Crippen molar-refractivity contribution in [3.8, 4) is 16.9 Å². The van der Waals surface area contributed by atoms with Gasteiger partial charge < -0.3 is 5.11 Å². The van der Waals surface area contributed by atoms with Gasteiger partial charge in [-0.3, -0.25) is 0 Å². The average molecular weight is 295 g/mol. The zero-order chi connectivity index (χ0) is 14.4. The highest BCUT2D eigenvalue weighted by molar-refractivity contribution is 5.98. The molecule has 0 unspecified atom stereocenters. The third-order valence-electron chi connectivity index (χ3n) is 3.99. The lowest BCUT2D eigenvalue weighted by Crippen LogP contribution is -1.93. The standard InChI is InChI=1S/C18H14FNO.CH4/c19-13-9-7-11(8-10-13)16-14-3-1-2-4-15(14)20-17(18(16)21)12-5-6-12;/h1-4,7-10,12,21H,5-6H2;1H4. The molecule has 0 saturated heterocycles. The molecule has 0 bridgehead atoms. The largest absolute Gasteiger partial charge is 0.505 e. The first-order valence-corrected chi connectivity index (χ1v) is 7.11. The van der Waals surface area contributed by atoms with E-state index in [0.717, 1.165) is 40.6 Å². The van der Waals surface area contributed by atoms with Crippen LogP contribution in [-0.2, 0) is 0 Å². The van der Waals surface area contributed by atoms with E-state index in [0.29, 0.717) is 5.92 Å². The van der Waals surface area contributed by atoms with Crippen LogP contribution in [0.15, 0.2) is 48.5 Å². The van der Waals surface area contributed by atoms with E-state index in [1.54, 1.807) is 12.1 Å². The van der Waals surface area contributed by atoms with Crippen molar-refractivity contribution in [2.24, 2.45) is 0 Å². The van der Waals surface area contributed by atoms with Gasteiger partial charge in [0.05, 0.1) is 11.2 Å². The Labute approximate surface area is 129 Å². The minimum absolute atomic E-state index is 0. The molecule has 112 valence electrons. The molecule has 2 nitrogen and oxygen atoms in total. The van der Waals surface area contributed by atoms with Crippen molar-refractivity contribution in [2.75, 3.05) is 0 Å². The van der Waals surface area contributed by atoms with Gasteiger partial charge in [0.15, 0.2) is 0 Å². The number of nitrogens with zero attached hydrogens (tertiary/aromatic N) is 1. The lowest BCUT2D eigenvalue weighted by molar-refractivity contribution is 0.467. The second kappa shape index (κ2) is 5.41. The molecule has 3 aromatic rings. The molecule has 1 N–H and O–H groups in total. The zero-order valence-electron chi connectivity index (χ0n) is 11.4. The predicted octanol–water partition coefficient (Wildman–Crippen LogP) is 5.26. The third kappa shape index (κ3) is 2.33. The van der Waals surface area contributed by atoms with Crippen LogP contribution in [0.3, 0.4) is 0 Å². The van der Waals surface area contributed by atoms with Crippen molar-refractivity contribution in [1.29, 1.82) is 0 Å². The van der Waals surface area contributed by atoms with E-state index in [-0.39, 0.29) is 19.0 Å². The lowest BCUT2D eigenvalue weighted by atomic mass is 9.98. The molecule has 1 heterocycles. The van der Waals surface area contributed by atoms with Gasteiger partial charge in [0, 0.05) is 16.9 Å². The van der Waals surface area contributed by atoms with Crippen LogP contribution in [0.5, 0.6) is 5.75 Å². The molecular weight excluding hydrogens is 277 g/mol. The van der Waals surface area contributed by atoms with Crippen molar-refractivity contribution >= 4 is 10.9 Å². The molecular formula is C19H18FNO. The van der Waals surface area contributed by atoms with Gasteiger partial charge in [-0.2, -0.15) is 0 Å². The number of halogens is 1. The van der Waals surface area contributed by atoms with Gasteiger partial charge in [-0.1, -0.05) is 37.8 Å². The molecule has 2 aromatic carbocycles. The van der Waals surface area contributed by atoms with Crippen molar-refractivity contribution in [2.45, 2.75) is 26.2 Å². The Bertz CT molecular complexity index is 823. The Hall–Kier alpha value is -2.42. The maximum atomic E-state index is 13.2. The molecule has 3 heteroatoms. The molecule has 0 radical (unpaired) electrons. The second-order valence-electron chi connectivity index (χ2n) is 5.52. The summed E-state index contributed by atoms with van der Waals surface area (Å²) in [6.45, 7) is 0. The molecule has 1 aromatic heterocycles. The van der Waals surface area contributed by atoms with Crippen molar-refractivity contribution in [1.82, 2.24) is 4.98 Å². The molecule has 0 amide bonds. The summed E-state index contributed by atoms with van der Waals surface area (Å²) in [6.07, 6.45) is 2.14. The maximum Gasteiger partial charge on any atom is 0.145 e. The van der Waals surface area contributed by atoms with Crippen LogP contribution in [0.4, 0.5) is 4.39 Å². The van der Waals surface area contributed by atoms with Crippen LogP contribution >= 0.6 is 0 Å². The summed E-state index contributed by atoms with van der Waals surface area (Å²) in [7, 11) is 0. The topological polar surface area (TPSA) is 33.1 Å². The average Bonchev–Trinajstić information content (AvgIpc) is 3.33. The molecule has 1 aliphatic rings. The van der Waals surface area contributed by atoms with Gasteiger partial charge in [0.2, 0.25) is 0 Å². The van der Waals surface area contributed by atoms with Crippen LogP contribution in [0.25, 0.3) is 22.0 Å². The fraction of sp³-hybridized carbons (Fsp3) is 0.211. The van der Waals surface area contributed by atoms with Gasteiger partial charge in [-0.05, 0) is 36.6 Å². The van der Waals surface area contributed by atoms with Crippen LogP contribution in [0.2, 0.25) is 0 Å². The summed E-state index contributed by atoms with van der Waals surface area (Å²) >= 11 is 0. The van der Waals surface area contributed by atoms with Crippen molar-refractivity contribution in [3.05, 3.63) is 60.0 Å². The Morgan fingerprint density at radius 2 is 1.68 bits per heavy atom. The van der Waals surface area contributed by atoms with Crippen LogP contribution in [0, 0.1) is 5.82 Å². The van der Waals surface area contributed by atoms with Gasteiger partial charge in [0.1, 0.15) is 11.6 Å². The highest BCUT2D eigenvalue weighted by atomic mass is 19.1. The minimum atomic E-state index is -0.279. The third-order valence-corrected chi connectivity index (χ3v) is 3.99. The zero-order valence-corrected chi connectivity index (χ0v) is 11.4. The highest BCUT2D eigenvalue weighted by Crippen LogP contribution is 2.47. The maximum absolute atomic E-state index is 13.2. The quantitative estimate of drug-likeness (QED) is 0.699. The lowest BCUT2D eigenvalue weighted by Gasteiger charge is -2.13. The summed E-state index contributed by atoms with van der Waals surface area (Å²) < 4.78 is 13.2. The first-order chi connectivity index (χ1) is 10.2. The number of fused-ring (bicyclic) bond motifs is 1. The van der Waals surface area contributed by atoms with E-state index in [4.69, 9.17) is 0 Å². The van der Waals surface area contributed by atoms with Gasteiger partial charge in [-0.15, -0.1) is 0 Å². The molecule has 1 aliphatic carbocycles. The van der Waals surface area contributed by atoms with E-state index in [1.165, 1.54) is 12.1 Å². The molecule has 1 saturated carbocycles. The predicted molar refractivity (Wildman–Crippen MR) is 87.5 cm³/mol. The number of pyridine rings is 1. The van der Waals surface area contributed by atoms with Crippen LogP contribution < -0.4 is 0 Å². The number of benzene rings is 2. The number of hydrogen-bond acceptors (Lipinski definition) is 2. The smallest absolute Gasteiger partial charge is 0.145 e. The molecule has 0 aliphatic heterocycles. The Balaban J connectivity index is 0.00000144. The first-order valence-electron chi connectivity index (χ1n) is 7.11.